The summed E-state index contributed by atoms with van der Waals surface area (Å²) in [5, 5.41) is 17.5. The van der Waals surface area contributed by atoms with Gasteiger partial charge in [0.15, 0.2) is 0 Å². The highest BCUT2D eigenvalue weighted by molar-refractivity contribution is 5.89. The summed E-state index contributed by atoms with van der Waals surface area (Å²) in [5.41, 5.74) is 1.59. The summed E-state index contributed by atoms with van der Waals surface area (Å²) in [5.74, 6) is -1.34. The predicted molar refractivity (Wildman–Crippen MR) is 95.9 cm³/mol. The Bertz CT molecular complexity index is 687. The van der Waals surface area contributed by atoms with Crippen molar-refractivity contribution in [3.8, 4) is 0 Å². The number of benzene rings is 1. The van der Waals surface area contributed by atoms with Gasteiger partial charge in [0.25, 0.3) is 0 Å². The summed E-state index contributed by atoms with van der Waals surface area (Å²) in [6, 6.07) is 6.90. The molecule has 0 aromatic heterocycles. The maximum atomic E-state index is 12.3. The van der Waals surface area contributed by atoms with Gasteiger partial charge in [0.2, 0.25) is 0 Å². The van der Waals surface area contributed by atoms with Gasteiger partial charge in [-0.25, -0.2) is 9.59 Å². The summed E-state index contributed by atoms with van der Waals surface area (Å²) >= 11 is 0. The molecule has 2 unspecified atom stereocenters. The number of hydrogen-bond donors (Lipinski definition) is 4. The Morgan fingerprint density at radius 2 is 1.85 bits per heavy atom. The Hall–Kier alpha value is -2.77. The normalized spacial score (nSPS) is 20.3. The predicted octanol–water partition coefficient (Wildman–Crippen LogP) is 2.15. The molecule has 4 N–H and O–H groups in total. The maximum Gasteiger partial charge on any atom is 0.319 e. The lowest BCUT2D eigenvalue weighted by Gasteiger charge is -2.21. The minimum absolute atomic E-state index is 0.205. The molecule has 3 rings (SSSR count). The topological polar surface area (TPSA) is 111 Å². The molecule has 2 aliphatic rings. The second-order valence-corrected chi connectivity index (χ2v) is 6.94. The standard InChI is InChI=1S/C18H24N4O4/c1-11(19-18(26)22-9-8-13(10-22)16(23)24)12-2-4-14(5-3-12)20-17(25)21-15-6-7-15/h2-5,11,13,15H,6-10H2,1H3,(H,19,26)(H,23,24)(H2,20,21,25). The third kappa shape index (κ3) is 4.65. The molecule has 4 amide bonds. The van der Waals surface area contributed by atoms with Gasteiger partial charge in [0.1, 0.15) is 0 Å². The molecule has 26 heavy (non-hydrogen) atoms. The van der Waals surface area contributed by atoms with E-state index >= 15 is 0 Å². The van der Waals surface area contributed by atoms with E-state index in [-0.39, 0.29) is 24.6 Å². The minimum atomic E-state index is -0.859. The highest BCUT2D eigenvalue weighted by atomic mass is 16.4. The lowest BCUT2D eigenvalue weighted by molar-refractivity contribution is -0.141. The van der Waals surface area contributed by atoms with Crippen molar-refractivity contribution >= 4 is 23.7 Å². The number of amides is 4. The van der Waals surface area contributed by atoms with E-state index in [0.29, 0.717) is 24.7 Å². The zero-order chi connectivity index (χ0) is 18.7. The first-order valence-electron chi connectivity index (χ1n) is 8.88. The van der Waals surface area contributed by atoms with E-state index in [0.717, 1.165) is 18.4 Å². The number of aliphatic carboxylic acids is 1. The van der Waals surface area contributed by atoms with Crippen LogP contribution in [0.1, 0.15) is 37.8 Å². The highest BCUT2D eigenvalue weighted by Crippen LogP contribution is 2.21. The molecule has 1 aliphatic carbocycles. The van der Waals surface area contributed by atoms with Crippen LogP contribution in [0.2, 0.25) is 0 Å². The molecule has 0 spiro atoms. The number of likely N-dealkylation sites (tertiary alicyclic amines) is 1. The van der Waals surface area contributed by atoms with Gasteiger partial charge in [0.05, 0.1) is 12.0 Å². The Kier molecular flexibility index (Phi) is 5.29. The second-order valence-electron chi connectivity index (χ2n) is 6.94. The number of nitrogens with zero attached hydrogens (tertiary/aromatic N) is 1. The van der Waals surface area contributed by atoms with Crippen LogP contribution in [0, 0.1) is 5.92 Å². The average molecular weight is 360 g/mol. The number of carboxylic acid groups (broad SMARTS) is 1. The lowest BCUT2D eigenvalue weighted by Crippen LogP contribution is -2.40. The van der Waals surface area contributed by atoms with Crippen molar-refractivity contribution in [1.29, 1.82) is 0 Å². The minimum Gasteiger partial charge on any atom is -0.481 e. The fourth-order valence-electron chi connectivity index (χ4n) is 2.94. The Morgan fingerprint density at radius 3 is 2.42 bits per heavy atom. The zero-order valence-corrected chi connectivity index (χ0v) is 14.7. The van der Waals surface area contributed by atoms with Crippen LogP contribution in [0.5, 0.6) is 0 Å². The summed E-state index contributed by atoms with van der Waals surface area (Å²) in [6.07, 6.45) is 2.56. The van der Waals surface area contributed by atoms with Crippen molar-refractivity contribution in [1.82, 2.24) is 15.5 Å². The summed E-state index contributed by atoms with van der Waals surface area (Å²) < 4.78 is 0. The van der Waals surface area contributed by atoms with Crippen molar-refractivity contribution in [3.05, 3.63) is 29.8 Å². The Balaban J connectivity index is 1.49. The van der Waals surface area contributed by atoms with Gasteiger partial charge in [-0.2, -0.15) is 0 Å². The van der Waals surface area contributed by atoms with Crippen molar-refractivity contribution in [2.45, 2.75) is 38.3 Å². The monoisotopic (exact) mass is 360 g/mol. The number of carbonyl (C=O) groups excluding carboxylic acids is 2. The number of nitrogens with one attached hydrogen (secondary N) is 3. The van der Waals surface area contributed by atoms with Crippen LogP contribution >= 0.6 is 0 Å². The van der Waals surface area contributed by atoms with Crippen LogP contribution in [0.3, 0.4) is 0 Å². The van der Waals surface area contributed by atoms with Crippen LogP contribution in [-0.2, 0) is 4.79 Å². The van der Waals surface area contributed by atoms with Gasteiger partial charge in [-0.15, -0.1) is 0 Å². The fraction of sp³-hybridized carbons (Fsp3) is 0.500. The van der Waals surface area contributed by atoms with E-state index in [9.17, 15) is 14.4 Å². The second kappa shape index (κ2) is 7.63. The van der Waals surface area contributed by atoms with Gasteiger partial charge in [-0.1, -0.05) is 12.1 Å². The number of hydrogen-bond acceptors (Lipinski definition) is 3. The first-order chi connectivity index (χ1) is 12.4. The van der Waals surface area contributed by atoms with Crippen molar-refractivity contribution < 1.29 is 19.5 Å². The van der Waals surface area contributed by atoms with E-state index in [1.54, 1.807) is 12.1 Å². The number of carbonyl (C=O) groups is 3. The average Bonchev–Trinajstić information content (AvgIpc) is 3.25. The molecular weight excluding hydrogens is 336 g/mol. The van der Waals surface area contributed by atoms with Gasteiger partial charge < -0.3 is 26.0 Å². The molecule has 1 heterocycles. The lowest BCUT2D eigenvalue weighted by atomic mass is 10.1. The third-order valence-corrected chi connectivity index (χ3v) is 4.75. The van der Waals surface area contributed by atoms with Crippen LogP contribution < -0.4 is 16.0 Å². The van der Waals surface area contributed by atoms with Gasteiger partial charge in [0, 0.05) is 24.8 Å². The molecule has 140 valence electrons. The van der Waals surface area contributed by atoms with E-state index < -0.39 is 11.9 Å². The number of urea groups is 2. The quantitative estimate of drug-likeness (QED) is 0.645. The van der Waals surface area contributed by atoms with E-state index in [2.05, 4.69) is 16.0 Å². The first kappa shape index (κ1) is 18.0. The maximum absolute atomic E-state index is 12.3. The molecule has 1 aromatic rings. The SMILES string of the molecule is CC(NC(=O)N1CCC(C(=O)O)C1)c1ccc(NC(=O)NC2CC2)cc1. The summed E-state index contributed by atoms with van der Waals surface area (Å²) in [4.78, 5) is 36.5. The zero-order valence-electron chi connectivity index (χ0n) is 14.7. The van der Waals surface area contributed by atoms with Crippen LogP contribution in [0.25, 0.3) is 0 Å². The highest BCUT2D eigenvalue weighted by Gasteiger charge is 2.31. The number of carboxylic acids is 1. The van der Waals surface area contributed by atoms with Crippen LogP contribution in [-0.4, -0.2) is 47.2 Å². The molecule has 8 nitrogen and oxygen atoms in total. The largest absolute Gasteiger partial charge is 0.481 e. The van der Waals surface area contributed by atoms with Crippen molar-refractivity contribution in [3.63, 3.8) is 0 Å². The summed E-state index contributed by atoms with van der Waals surface area (Å²) in [7, 11) is 0. The van der Waals surface area contributed by atoms with Gasteiger partial charge in [-0.3, -0.25) is 4.79 Å². The molecule has 2 atom stereocenters. The molecule has 8 heteroatoms. The van der Waals surface area contributed by atoms with E-state index in [1.165, 1.54) is 4.90 Å². The molecule has 0 bridgehead atoms. The molecule has 1 aliphatic heterocycles. The first-order valence-corrected chi connectivity index (χ1v) is 8.88. The van der Waals surface area contributed by atoms with E-state index in [4.69, 9.17) is 5.11 Å². The fourth-order valence-corrected chi connectivity index (χ4v) is 2.94. The van der Waals surface area contributed by atoms with Crippen molar-refractivity contribution in [2.75, 3.05) is 18.4 Å². The van der Waals surface area contributed by atoms with Gasteiger partial charge in [-0.05, 0) is 43.9 Å². The Morgan fingerprint density at radius 1 is 1.15 bits per heavy atom. The summed E-state index contributed by atoms with van der Waals surface area (Å²) in [6.45, 7) is 2.56. The molecule has 2 fully saturated rings. The smallest absolute Gasteiger partial charge is 0.319 e. The molecule has 1 aromatic carbocycles. The molecular formula is C18H24N4O4. The number of anilines is 1. The Labute approximate surface area is 151 Å². The molecule has 1 saturated heterocycles. The van der Waals surface area contributed by atoms with Crippen molar-refractivity contribution in [2.24, 2.45) is 5.92 Å². The molecule has 1 saturated carbocycles. The van der Waals surface area contributed by atoms with Crippen LogP contribution in [0.15, 0.2) is 24.3 Å². The van der Waals surface area contributed by atoms with Crippen LogP contribution in [0.4, 0.5) is 15.3 Å². The van der Waals surface area contributed by atoms with E-state index in [1.807, 2.05) is 19.1 Å². The van der Waals surface area contributed by atoms with Gasteiger partial charge >= 0.3 is 18.0 Å². The third-order valence-electron chi connectivity index (χ3n) is 4.75. The number of rotatable bonds is 5. The molecule has 0 radical (unpaired) electrons.